The van der Waals surface area contributed by atoms with Crippen LogP contribution < -0.4 is 0 Å². The molecule has 2 unspecified atom stereocenters. The van der Waals surface area contributed by atoms with Gasteiger partial charge in [-0.1, -0.05) is 156 Å². The van der Waals surface area contributed by atoms with Gasteiger partial charge in [0.1, 0.15) is 0 Å². The van der Waals surface area contributed by atoms with Crippen LogP contribution in [0.4, 0.5) is 0 Å². The summed E-state index contributed by atoms with van der Waals surface area (Å²) in [5.74, 6) is 0. The summed E-state index contributed by atoms with van der Waals surface area (Å²) in [4.78, 5) is 2.32. The van der Waals surface area contributed by atoms with Crippen molar-refractivity contribution in [2.75, 3.05) is 19.6 Å². The summed E-state index contributed by atoms with van der Waals surface area (Å²) in [6.45, 7) is 9.23. The average molecular weight is 498 g/mol. The Morgan fingerprint density at radius 1 is 0.400 bits per heavy atom. The van der Waals surface area contributed by atoms with E-state index < -0.39 is 0 Å². The molecule has 2 N–H and O–H groups in total. The molecule has 2 atom stereocenters. The Kier molecular flexibility index (Phi) is 28.4. The highest BCUT2D eigenvalue weighted by molar-refractivity contribution is 4.70. The molecular formula is C32H67NO2. The zero-order chi connectivity index (χ0) is 25.8. The van der Waals surface area contributed by atoms with Crippen molar-refractivity contribution in [3.63, 3.8) is 0 Å². The number of aliphatic hydroxyl groups is 2. The number of nitrogens with zero attached hydrogens (tertiary/aromatic N) is 1. The number of aliphatic hydroxyl groups excluding tert-OH is 2. The third-order valence-corrected chi connectivity index (χ3v) is 7.55. The second-order valence-corrected chi connectivity index (χ2v) is 11.4. The first-order chi connectivity index (χ1) is 17.1. The van der Waals surface area contributed by atoms with Gasteiger partial charge < -0.3 is 10.2 Å². The number of unbranched alkanes of at least 4 members (excludes halogenated alkanes) is 19. The molecule has 3 nitrogen and oxygen atoms in total. The van der Waals surface area contributed by atoms with Crippen LogP contribution in [0.5, 0.6) is 0 Å². The Balaban J connectivity index is 3.82. The van der Waals surface area contributed by atoms with Crippen LogP contribution in [0.15, 0.2) is 0 Å². The van der Waals surface area contributed by atoms with E-state index in [0.717, 1.165) is 51.7 Å². The first-order valence-electron chi connectivity index (χ1n) is 16.2. The van der Waals surface area contributed by atoms with Crippen LogP contribution in [-0.4, -0.2) is 47.0 Å². The molecule has 0 bridgehead atoms. The van der Waals surface area contributed by atoms with Crippen molar-refractivity contribution in [3.8, 4) is 0 Å². The predicted octanol–water partition coefficient (Wildman–Crippen LogP) is 9.43. The summed E-state index contributed by atoms with van der Waals surface area (Å²) in [6, 6.07) is 0. The van der Waals surface area contributed by atoms with E-state index >= 15 is 0 Å². The molecule has 0 aromatic rings. The van der Waals surface area contributed by atoms with Crippen LogP contribution in [0.3, 0.4) is 0 Å². The van der Waals surface area contributed by atoms with Crippen LogP contribution in [0.25, 0.3) is 0 Å². The van der Waals surface area contributed by atoms with Gasteiger partial charge in [0.2, 0.25) is 0 Å². The van der Waals surface area contributed by atoms with Gasteiger partial charge in [0.15, 0.2) is 0 Å². The first kappa shape index (κ1) is 34.9. The van der Waals surface area contributed by atoms with Crippen molar-refractivity contribution in [2.45, 2.75) is 187 Å². The quantitative estimate of drug-likeness (QED) is 0.101. The van der Waals surface area contributed by atoms with Crippen LogP contribution in [-0.2, 0) is 0 Å². The lowest BCUT2D eigenvalue weighted by molar-refractivity contribution is 0.0598. The van der Waals surface area contributed by atoms with Crippen molar-refractivity contribution in [1.29, 1.82) is 0 Å². The SMILES string of the molecule is CCCCCCCCCCCCC(O)CN(CCCC)CC(O)CCCCCCCCCCCC. The summed E-state index contributed by atoms with van der Waals surface area (Å²) in [7, 11) is 0. The van der Waals surface area contributed by atoms with Gasteiger partial charge in [0, 0.05) is 13.1 Å². The van der Waals surface area contributed by atoms with Crippen molar-refractivity contribution >= 4 is 0 Å². The third kappa shape index (κ3) is 26.7. The topological polar surface area (TPSA) is 43.7 Å². The molecule has 0 saturated heterocycles. The van der Waals surface area contributed by atoms with Crippen molar-refractivity contribution in [1.82, 2.24) is 4.90 Å². The lowest BCUT2D eigenvalue weighted by atomic mass is 10.0. The van der Waals surface area contributed by atoms with E-state index in [2.05, 4.69) is 25.7 Å². The molecule has 0 fully saturated rings. The Bertz CT molecular complexity index is 358. The maximum atomic E-state index is 10.6. The molecule has 0 aromatic heterocycles. The van der Waals surface area contributed by atoms with E-state index in [1.54, 1.807) is 0 Å². The van der Waals surface area contributed by atoms with Crippen molar-refractivity contribution < 1.29 is 10.2 Å². The molecule has 0 aromatic carbocycles. The van der Waals surface area contributed by atoms with E-state index in [4.69, 9.17) is 0 Å². The Morgan fingerprint density at radius 3 is 1.00 bits per heavy atom. The Morgan fingerprint density at radius 2 is 0.686 bits per heavy atom. The maximum absolute atomic E-state index is 10.6. The molecule has 0 saturated carbocycles. The lowest BCUT2D eigenvalue weighted by Crippen LogP contribution is -2.38. The fourth-order valence-corrected chi connectivity index (χ4v) is 5.15. The molecule has 0 aliphatic heterocycles. The highest BCUT2D eigenvalue weighted by atomic mass is 16.3. The van der Waals surface area contributed by atoms with E-state index in [0.29, 0.717) is 0 Å². The smallest absolute Gasteiger partial charge is 0.0667 e. The van der Waals surface area contributed by atoms with E-state index in [1.807, 2.05) is 0 Å². The molecule has 0 heterocycles. The van der Waals surface area contributed by atoms with Gasteiger partial charge in [-0.25, -0.2) is 0 Å². The molecule has 0 aliphatic carbocycles. The zero-order valence-electron chi connectivity index (χ0n) is 24.6. The predicted molar refractivity (Wildman–Crippen MR) is 156 cm³/mol. The zero-order valence-corrected chi connectivity index (χ0v) is 24.6. The van der Waals surface area contributed by atoms with Gasteiger partial charge in [0.25, 0.3) is 0 Å². The summed E-state index contributed by atoms with van der Waals surface area (Å²) in [5.41, 5.74) is 0. The fraction of sp³-hybridized carbons (Fsp3) is 1.00. The van der Waals surface area contributed by atoms with Gasteiger partial charge in [-0.3, -0.25) is 4.90 Å². The molecule has 0 radical (unpaired) electrons. The highest BCUT2D eigenvalue weighted by Gasteiger charge is 2.15. The Labute approximate surface area is 221 Å². The van der Waals surface area contributed by atoms with Gasteiger partial charge in [-0.2, -0.15) is 0 Å². The molecule has 212 valence electrons. The number of hydrogen-bond acceptors (Lipinski definition) is 3. The van der Waals surface area contributed by atoms with E-state index in [9.17, 15) is 10.2 Å². The fourth-order valence-electron chi connectivity index (χ4n) is 5.15. The molecule has 0 amide bonds. The van der Waals surface area contributed by atoms with Crippen LogP contribution in [0.2, 0.25) is 0 Å². The molecule has 0 aliphatic rings. The van der Waals surface area contributed by atoms with Gasteiger partial charge >= 0.3 is 0 Å². The van der Waals surface area contributed by atoms with Crippen LogP contribution in [0, 0.1) is 0 Å². The van der Waals surface area contributed by atoms with Crippen LogP contribution in [0.1, 0.15) is 175 Å². The molecule has 0 rings (SSSR count). The summed E-state index contributed by atoms with van der Waals surface area (Å²) >= 11 is 0. The first-order valence-corrected chi connectivity index (χ1v) is 16.2. The normalized spacial score (nSPS) is 13.5. The third-order valence-electron chi connectivity index (χ3n) is 7.55. The molecular weight excluding hydrogens is 430 g/mol. The minimum atomic E-state index is -0.245. The van der Waals surface area contributed by atoms with E-state index in [-0.39, 0.29) is 12.2 Å². The second kappa shape index (κ2) is 28.5. The minimum absolute atomic E-state index is 0.245. The van der Waals surface area contributed by atoms with Crippen molar-refractivity contribution in [3.05, 3.63) is 0 Å². The number of hydrogen-bond donors (Lipinski definition) is 2. The largest absolute Gasteiger partial charge is 0.392 e. The standard InChI is InChI=1S/C32H67NO2/c1-4-7-10-12-14-16-18-20-22-24-26-31(34)29-33(28-9-6-3)30-32(35)27-25-23-21-19-17-15-13-11-8-5-2/h31-32,34-35H,4-30H2,1-3H3. The summed E-state index contributed by atoms with van der Waals surface area (Å²) in [6.07, 6.45) is 30.4. The highest BCUT2D eigenvalue weighted by Crippen LogP contribution is 2.15. The molecule has 3 heteroatoms. The maximum Gasteiger partial charge on any atom is 0.0667 e. The Hall–Kier alpha value is -0.120. The van der Waals surface area contributed by atoms with Crippen molar-refractivity contribution in [2.24, 2.45) is 0 Å². The average Bonchev–Trinajstić information content (AvgIpc) is 2.84. The second-order valence-electron chi connectivity index (χ2n) is 11.4. The summed E-state index contributed by atoms with van der Waals surface area (Å²) in [5, 5.41) is 21.2. The molecule has 35 heavy (non-hydrogen) atoms. The number of rotatable bonds is 29. The van der Waals surface area contributed by atoms with Gasteiger partial charge in [-0.15, -0.1) is 0 Å². The van der Waals surface area contributed by atoms with Gasteiger partial charge in [0.05, 0.1) is 12.2 Å². The lowest BCUT2D eigenvalue weighted by Gasteiger charge is -2.27. The van der Waals surface area contributed by atoms with Crippen LogP contribution >= 0.6 is 0 Å². The van der Waals surface area contributed by atoms with Gasteiger partial charge in [-0.05, 0) is 25.8 Å². The minimum Gasteiger partial charge on any atom is -0.392 e. The summed E-state index contributed by atoms with van der Waals surface area (Å²) < 4.78 is 0. The van der Waals surface area contributed by atoms with E-state index in [1.165, 1.54) is 122 Å². The monoisotopic (exact) mass is 498 g/mol. The molecule has 0 spiro atoms.